The second-order valence-corrected chi connectivity index (χ2v) is 11.5. The number of hydrogen-bond donors (Lipinski definition) is 0. The van der Waals surface area contributed by atoms with Crippen LogP contribution in [0, 0.1) is 11.3 Å². The molecule has 1 aliphatic carbocycles. The third kappa shape index (κ3) is 5.82. The van der Waals surface area contributed by atoms with Crippen LogP contribution in [0.2, 0.25) is 0 Å². The van der Waals surface area contributed by atoms with E-state index in [1.807, 2.05) is 4.90 Å². The molecule has 4 nitrogen and oxygen atoms in total. The molecule has 4 heteroatoms. The van der Waals surface area contributed by atoms with Gasteiger partial charge in [0, 0.05) is 56.1 Å². The molecule has 1 aromatic rings. The van der Waals surface area contributed by atoms with Crippen molar-refractivity contribution in [3.8, 4) is 0 Å². The standard InChI is InChI=1S/C29H45N3O/c1-5-6-16-30-18-20-31(21-19-30)27-15-14-25(32-17-8-7-9-28(32)33)22-26(27)23-10-12-24(13-11-23)29(2,3)4/h10,14-15,22,24H,5-9,11-13,16-21H2,1-4H3. The van der Waals surface area contributed by atoms with Crippen LogP contribution in [-0.4, -0.2) is 50.1 Å². The number of carbonyl (C=O) groups excluding carboxylic acids is 1. The SMILES string of the molecule is CCCCN1CCN(c2ccc(N3CCCCC3=O)cc2C2=CCC(C(C)(C)C)CC2)CC1. The average molecular weight is 452 g/mol. The molecule has 2 heterocycles. The zero-order chi connectivity index (χ0) is 23.4. The highest BCUT2D eigenvalue weighted by Gasteiger charge is 2.29. The molecule has 182 valence electrons. The first kappa shape index (κ1) is 24.3. The second kappa shape index (κ2) is 10.6. The second-order valence-electron chi connectivity index (χ2n) is 11.5. The van der Waals surface area contributed by atoms with E-state index in [4.69, 9.17) is 0 Å². The number of piperidine rings is 1. The molecule has 0 radical (unpaired) electrons. The molecule has 2 fully saturated rings. The lowest BCUT2D eigenvalue weighted by molar-refractivity contribution is -0.119. The van der Waals surface area contributed by atoms with Gasteiger partial charge in [0.15, 0.2) is 0 Å². The molecule has 1 aromatic carbocycles. The van der Waals surface area contributed by atoms with E-state index in [0.29, 0.717) is 11.8 Å². The Morgan fingerprint density at radius 3 is 2.42 bits per heavy atom. The minimum atomic E-state index is 0.287. The maximum atomic E-state index is 12.6. The highest BCUT2D eigenvalue weighted by atomic mass is 16.2. The van der Waals surface area contributed by atoms with Crippen molar-refractivity contribution in [2.24, 2.45) is 11.3 Å². The first-order valence-corrected chi connectivity index (χ1v) is 13.5. The first-order valence-electron chi connectivity index (χ1n) is 13.5. The summed E-state index contributed by atoms with van der Waals surface area (Å²) in [6, 6.07) is 6.85. The van der Waals surface area contributed by atoms with Gasteiger partial charge in [0.2, 0.25) is 5.91 Å². The van der Waals surface area contributed by atoms with E-state index in [-0.39, 0.29) is 5.91 Å². The maximum Gasteiger partial charge on any atom is 0.226 e. The van der Waals surface area contributed by atoms with Crippen molar-refractivity contribution in [3.63, 3.8) is 0 Å². The van der Waals surface area contributed by atoms with Crippen molar-refractivity contribution in [1.29, 1.82) is 0 Å². The molecule has 2 aliphatic heterocycles. The molecule has 3 aliphatic rings. The Labute approximate surface area is 202 Å². The lowest BCUT2D eigenvalue weighted by Gasteiger charge is -2.38. The van der Waals surface area contributed by atoms with E-state index in [9.17, 15) is 4.79 Å². The summed E-state index contributed by atoms with van der Waals surface area (Å²) < 4.78 is 0. The predicted octanol–water partition coefficient (Wildman–Crippen LogP) is 6.36. The summed E-state index contributed by atoms with van der Waals surface area (Å²) in [5.74, 6) is 1.04. The van der Waals surface area contributed by atoms with Crippen molar-refractivity contribution < 1.29 is 4.79 Å². The van der Waals surface area contributed by atoms with Crippen LogP contribution in [0.15, 0.2) is 24.3 Å². The van der Waals surface area contributed by atoms with Gasteiger partial charge in [0.25, 0.3) is 0 Å². The van der Waals surface area contributed by atoms with Gasteiger partial charge in [-0.3, -0.25) is 9.69 Å². The van der Waals surface area contributed by atoms with Crippen LogP contribution in [0.3, 0.4) is 0 Å². The molecule has 4 rings (SSSR count). The summed E-state index contributed by atoms with van der Waals surface area (Å²) in [5.41, 5.74) is 5.70. The molecular weight excluding hydrogens is 406 g/mol. The van der Waals surface area contributed by atoms with Crippen LogP contribution in [0.4, 0.5) is 11.4 Å². The number of rotatable bonds is 6. The maximum absolute atomic E-state index is 12.6. The summed E-state index contributed by atoms with van der Waals surface area (Å²) in [7, 11) is 0. The Balaban J connectivity index is 1.60. The number of carbonyl (C=O) groups is 1. The quantitative estimate of drug-likeness (QED) is 0.504. The summed E-state index contributed by atoms with van der Waals surface area (Å²) in [4.78, 5) is 19.9. The molecular formula is C29H45N3O. The highest BCUT2D eigenvalue weighted by molar-refractivity contribution is 5.95. The van der Waals surface area contributed by atoms with Gasteiger partial charge in [0.1, 0.15) is 0 Å². The molecule has 0 N–H and O–H groups in total. The Hall–Kier alpha value is -1.81. The Kier molecular flexibility index (Phi) is 7.83. The van der Waals surface area contributed by atoms with Crippen molar-refractivity contribution in [3.05, 3.63) is 29.8 Å². The number of unbranched alkanes of at least 4 members (excludes halogenated alkanes) is 1. The van der Waals surface area contributed by atoms with Crippen LogP contribution < -0.4 is 9.80 Å². The third-order valence-corrected chi connectivity index (χ3v) is 8.14. The third-order valence-electron chi connectivity index (χ3n) is 8.14. The van der Waals surface area contributed by atoms with E-state index in [1.165, 1.54) is 42.6 Å². The normalized spacial score (nSPS) is 23.1. The summed E-state index contributed by atoms with van der Waals surface area (Å²) in [6.45, 7) is 16.0. The van der Waals surface area contributed by atoms with Crippen molar-refractivity contribution in [2.45, 2.75) is 79.1 Å². The number of amides is 1. The fraction of sp³-hybridized carbons (Fsp3) is 0.690. The lowest BCUT2D eigenvalue weighted by atomic mass is 9.72. The Bertz CT molecular complexity index is 845. The van der Waals surface area contributed by atoms with Gasteiger partial charge in [-0.2, -0.15) is 0 Å². The van der Waals surface area contributed by atoms with Gasteiger partial charge in [-0.25, -0.2) is 0 Å². The van der Waals surface area contributed by atoms with Gasteiger partial charge in [-0.15, -0.1) is 0 Å². The number of benzene rings is 1. The fourth-order valence-corrected chi connectivity index (χ4v) is 5.76. The molecule has 0 aromatic heterocycles. The minimum absolute atomic E-state index is 0.287. The Morgan fingerprint density at radius 2 is 1.79 bits per heavy atom. The van der Waals surface area contributed by atoms with Gasteiger partial charge in [0.05, 0.1) is 0 Å². The molecule has 0 saturated carbocycles. The van der Waals surface area contributed by atoms with E-state index >= 15 is 0 Å². The van der Waals surface area contributed by atoms with Gasteiger partial charge in [-0.05, 0) is 80.2 Å². The predicted molar refractivity (Wildman–Crippen MR) is 141 cm³/mol. The number of hydrogen-bond acceptors (Lipinski definition) is 3. The topological polar surface area (TPSA) is 26.8 Å². The van der Waals surface area contributed by atoms with Crippen LogP contribution in [-0.2, 0) is 4.79 Å². The summed E-state index contributed by atoms with van der Waals surface area (Å²) in [5, 5.41) is 0. The monoisotopic (exact) mass is 451 g/mol. The zero-order valence-corrected chi connectivity index (χ0v) is 21.5. The average Bonchev–Trinajstić information content (AvgIpc) is 2.83. The molecule has 1 amide bonds. The highest BCUT2D eigenvalue weighted by Crippen LogP contribution is 2.42. The van der Waals surface area contributed by atoms with Gasteiger partial charge < -0.3 is 9.80 Å². The van der Waals surface area contributed by atoms with Crippen LogP contribution >= 0.6 is 0 Å². The molecule has 2 saturated heterocycles. The van der Waals surface area contributed by atoms with Crippen LogP contribution in [0.1, 0.15) is 84.6 Å². The lowest BCUT2D eigenvalue weighted by Crippen LogP contribution is -2.47. The van der Waals surface area contributed by atoms with Gasteiger partial charge in [-0.1, -0.05) is 40.2 Å². The number of piperazine rings is 1. The fourth-order valence-electron chi connectivity index (χ4n) is 5.76. The largest absolute Gasteiger partial charge is 0.368 e. The molecule has 0 bridgehead atoms. The van der Waals surface area contributed by atoms with Crippen molar-refractivity contribution in [1.82, 2.24) is 4.90 Å². The van der Waals surface area contributed by atoms with E-state index in [1.54, 1.807) is 0 Å². The Morgan fingerprint density at radius 1 is 1.00 bits per heavy atom. The summed E-state index contributed by atoms with van der Waals surface area (Å²) in [6.07, 6.45) is 11.5. The first-order chi connectivity index (χ1) is 15.9. The van der Waals surface area contributed by atoms with E-state index in [0.717, 1.165) is 70.0 Å². The van der Waals surface area contributed by atoms with E-state index < -0.39 is 0 Å². The van der Waals surface area contributed by atoms with Crippen molar-refractivity contribution in [2.75, 3.05) is 49.1 Å². The molecule has 33 heavy (non-hydrogen) atoms. The van der Waals surface area contributed by atoms with Crippen LogP contribution in [0.25, 0.3) is 5.57 Å². The number of nitrogens with zero attached hydrogens (tertiary/aromatic N) is 3. The number of anilines is 2. The zero-order valence-electron chi connectivity index (χ0n) is 21.5. The van der Waals surface area contributed by atoms with Gasteiger partial charge >= 0.3 is 0 Å². The minimum Gasteiger partial charge on any atom is -0.368 e. The number of allylic oxidation sites excluding steroid dienone is 2. The van der Waals surface area contributed by atoms with E-state index in [2.05, 4.69) is 61.8 Å². The molecule has 0 spiro atoms. The van der Waals surface area contributed by atoms with Crippen LogP contribution in [0.5, 0.6) is 0 Å². The molecule has 1 atom stereocenters. The smallest absolute Gasteiger partial charge is 0.226 e. The summed E-state index contributed by atoms with van der Waals surface area (Å²) >= 11 is 0. The molecule has 1 unspecified atom stereocenters. The van der Waals surface area contributed by atoms with Crippen molar-refractivity contribution >= 4 is 22.9 Å².